The summed E-state index contributed by atoms with van der Waals surface area (Å²) < 4.78 is 20.4. The molecule has 0 heterocycles. The molecule has 1 fully saturated rings. The standard InChI is InChI=1S/C42H81O2P/c1-3-5-7-9-11-13-15-17-19-21-23-25-27-29-31-36-40-45(43,44-42-38-34-33-35-39-42)41-37-32-30-28-26-24-22-20-18-16-14-12-10-8-6-4-2/h17-20,42H,3-16,21-41H2,1-2H3/b19-17-,20-18-. The lowest BCUT2D eigenvalue weighted by Crippen LogP contribution is -2.17. The second-order valence-corrected chi connectivity index (χ2v) is 17.2. The summed E-state index contributed by atoms with van der Waals surface area (Å²) in [7, 11) is -2.48. The van der Waals surface area contributed by atoms with Crippen LogP contribution >= 0.6 is 7.37 Å². The fourth-order valence-electron chi connectivity index (χ4n) is 6.86. The molecule has 0 N–H and O–H groups in total. The molecule has 2 nitrogen and oxygen atoms in total. The summed E-state index contributed by atoms with van der Waals surface area (Å²) in [6.45, 7) is 4.58. The van der Waals surface area contributed by atoms with Gasteiger partial charge < -0.3 is 4.52 Å². The molecule has 1 rings (SSSR count). The summed E-state index contributed by atoms with van der Waals surface area (Å²) in [5.74, 6) is 0. The lowest BCUT2D eigenvalue weighted by Gasteiger charge is -2.28. The largest absolute Gasteiger partial charge is 0.325 e. The van der Waals surface area contributed by atoms with Crippen molar-refractivity contribution < 1.29 is 9.09 Å². The van der Waals surface area contributed by atoms with Crippen molar-refractivity contribution in [3.05, 3.63) is 24.3 Å². The fraction of sp³-hybridized carbons (Fsp3) is 0.905. The van der Waals surface area contributed by atoms with Crippen molar-refractivity contribution in [2.24, 2.45) is 0 Å². The zero-order valence-corrected chi connectivity index (χ0v) is 31.8. The van der Waals surface area contributed by atoms with Crippen LogP contribution in [-0.2, 0) is 9.09 Å². The molecule has 1 aliphatic rings. The van der Waals surface area contributed by atoms with Crippen LogP contribution in [0.15, 0.2) is 24.3 Å². The predicted molar refractivity (Wildman–Crippen MR) is 204 cm³/mol. The second kappa shape index (κ2) is 33.6. The summed E-state index contributed by atoms with van der Waals surface area (Å²) in [5, 5.41) is 0. The van der Waals surface area contributed by atoms with Crippen LogP contribution in [0.5, 0.6) is 0 Å². The number of hydrogen-bond donors (Lipinski definition) is 0. The van der Waals surface area contributed by atoms with Crippen molar-refractivity contribution >= 4 is 7.37 Å². The van der Waals surface area contributed by atoms with Crippen molar-refractivity contribution in [1.29, 1.82) is 0 Å². The smallest absolute Gasteiger partial charge is 0.203 e. The van der Waals surface area contributed by atoms with Crippen LogP contribution in [0.1, 0.15) is 226 Å². The molecule has 0 aromatic heterocycles. The van der Waals surface area contributed by atoms with E-state index in [0.717, 1.165) is 38.0 Å². The van der Waals surface area contributed by atoms with E-state index in [1.165, 1.54) is 186 Å². The molecule has 0 bridgehead atoms. The van der Waals surface area contributed by atoms with E-state index in [0.29, 0.717) is 0 Å². The van der Waals surface area contributed by atoms with E-state index >= 15 is 0 Å². The van der Waals surface area contributed by atoms with Crippen LogP contribution < -0.4 is 0 Å². The molecule has 0 radical (unpaired) electrons. The maximum absolute atomic E-state index is 13.9. The van der Waals surface area contributed by atoms with Crippen LogP contribution in [-0.4, -0.2) is 18.4 Å². The van der Waals surface area contributed by atoms with Gasteiger partial charge in [0.05, 0.1) is 6.10 Å². The third-order valence-corrected chi connectivity index (χ3v) is 12.6. The first-order valence-electron chi connectivity index (χ1n) is 20.8. The Kier molecular flexibility index (Phi) is 31.8. The van der Waals surface area contributed by atoms with Crippen molar-refractivity contribution in [2.45, 2.75) is 232 Å². The Labute approximate surface area is 284 Å². The maximum Gasteiger partial charge on any atom is 0.203 e. The average Bonchev–Trinajstić information content (AvgIpc) is 3.05. The maximum atomic E-state index is 13.9. The molecule has 0 amide bonds. The van der Waals surface area contributed by atoms with Gasteiger partial charge in [-0.25, -0.2) is 0 Å². The highest BCUT2D eigenvalue weighted by molar-refractivity contribution is 7.59. The van der Waals surface area contributed by atoms with E-state index in [9.17, 15) is 4.57 Å². The van der Waals surface area contributed by atoms with Gasteiger partial charge in [-0.15, -0.1) is 0 Å². The van der Waals surface area contributed by atoms with E-state index in [2.05, 4.69) is 38.2 Å². The molecule has 0 aromatic carbocycles. The third-order valence-electron chi connectivity index (χ3n) is 9.91. The molecule has 0 unspecified atom stereocenters. The molecular weight excluding hydrogens is 567 g/mol. The average molecular weight is 649 g/mol. The summed E-state index contributed by atoms with van der Waals surface area (Å²) in [5.41, 5.74) is 0. The monoisotopic (exact) mass is 649 g/mol. The normalized spacial score (nSPS) is 14.8. The number of unbranched alkanes of at least 4 members (excludes halogenated alkanes) is 24. The Balaban J connectivity index is 2.09. The van der Waals surface area contributed by atoms with Gasteiger partial charge in [0, 0.05) is 12.3 Å². The Morgan fingerprint density at radius 1 is 0.444 bits per heavy atom. The van der Waals surface area contributed by atoms with Gasteiger partial charge in [0.2, 0.25) is 7.37 Å². The van der Waals surface area contributed by atoms with Crippen molar-refractivity contribution in [1.82, 2.24) is 0 Å². The molecule has 1 saturated carbocycles. The second-order valence-electron chi connectivity index (χ2n) is 14.5. The van der Waals surface area contributed by atoms with Crippen LogP contribution in [0.3, 0.4) is 0 Å². The van der Waals surface area contributed by atoms with Gasteiger partial charge >= 0.3 is 0 Å². The third kappa shape index (κ3) is 29.5. The van der Waals surface area contributed by atoms with Gasteiger partial charge in [-0.2, -0.15) is 0 Å². The Hall–Kier alpha value is -0.330. The van der Waals surface area contributed by atoms with E-state index < -0.39 is 7.37 Å². The molecule has 0 aliphatic heterocycles. The summed E-state index contributed by atoms with van der Waals surface area (Å²) in [6, 6.07) is 0. The van der Waals surface area contributed by atoms with Gasteiger partial charge in [0.25, 0.3) is 0 Å². The van der Waals surface area contributed by atoms with Gasteiger partial charge in [0.15, 0.2) is 0 Å². The minimum absolute atomic E-state index is 0.271. The van der Waals surface area contributed by atoms with E-state index in [4.69, 9.17) is 4.52 Å². The minimum Gasteiger partial charge on any atom is -0.325 e. The molecule has 3 heteroatoms. The molecule has 45 heavy (non-hydrogen) atoms. The summed E-state index contributed by atoms with van der Waals surface area (Å²) in [4.78, 5) is 0. The lowest BCUT2D eigenvalue weighted by molar-refractivity contribution is 0.157. The van der Waals surface area contributed by atoms with Gasteiger partial charge in [-0.3, -0.25) is 4.57 Å². The Bertz CT molecular complexity index is 647. The highest BCUT2D eigenvalue weighted by atomic mass is 31.2. The highest BCUT2D eigenvalue weighted by Gasteiger charge is 2.27. The SMILES string of the molecule is CCCCCCCC/C=C\CCCCCCCCP(=O)(CCCCCCCC/C=C\CCCCCCCC)OC1CCCCC1. The van der Waals surface area contributed by atoms with Crippen LogP contribution in [0.25, 0.3) is 0 Å². The Morgan fingerprint density at radius 3 is 1.11 bits per heavy atom. The summed E-state index contributed by atoms with van der Waals surface area (Å²) >= 11 is 0. The molecule has 266 valence electrons. The molecular formula is C42H81O2P. The molecule has 1 aliphatic carbocycles. The molecule has 0 aromatic rings. The van der Waals surface area contributed by atoms with E-state index in [1.54, 1.807) is 0 Å². The first-order valence-corrected chi connectivity index (χ1v) is 22.8. The summed E-state index contributed by atoms with van der Waals surface area (Å²) in [6.07, 6.45) is 54.6. The zero-order valence-electron chi connectivity index (χ0n) is 30.9. The van der Waals surface area contributed by atoms with E-state index in [-0.39, 0.29) is 6.10 Å². The lowest BCUT2D eigenvalue weighted by atomic mass is 9.98. The van der Waals surface area contributed by atoms with Crippen molar-refractivity contribution in [2.75, 3.05) is 12.3 Å². The molecule has 0 spiro atoms. The molecule has 0 saturated heterocycles. The minimum atomic E-state index is -2.48. The zero-order chi connectivity index (χ0) is 32.4. The predicted octanol–water partition coefficient (Wildman–Crippen LogP) is 15.7. The van der Waals surface area contributed by atoms with Crippen LogP contribution in [0, 0.1) is 0 Å². The number of hydrogen-bond acceptors (Lipinski definition) is 2. The van der Waals surface area contributed by atoms with Gasteiger partial charge in [-0.05, 0) is 77.0 Å². The van der Waals surface area contributed by atoms with Crippen molar-refractivity contribution in [3.8, 4) is 0 Å². The molecule has 0 atom stereocenters. The van der Waals surface area contributed by atoms with Gasteiger partial charge in [0.1, 0.15) is 0 Å². The van der Waals surface area contributed by atoms with Crippen molar-refractivity contribution in [3.63, 3.8) is 0 Å². The number of allylic oxidation sites excluding steroid dienone is 4. The van der Waals surface area contributed by atoms with E-state index in [1.807, 2.05) is 0 Å². The number of rotatable bonds is 34. The first-order chi connectivity index (χ1) is 22.2. The topological polar surface area (TPSA) is 26.3 Å². The Morgan fingerprint density at radius 2 is 0.756 bits per heavy atom. The van der Waals surface area contributed by atoms with Crippen LogP contribution in [0.4, 0.5) is 0 Å². The van der Waals surface area contributed by atoms with Gasteiger partial charge in [-0.1, -0.05) is 173 Å². The quantitative estimate of drug-likeness (QED) is 0.0394. The van der Waals surface area contributed by atoms with Crippen LogP contribution in [0.2, 0.25) is 0 Å². The fourth-order valence-corrected chi connectivity index (χ4v) is 9.46. The highest BCUT2D eigenvalue weighted by Crippen LogP contribution is 2.51. The first kappa shape index (κ1) is 42.7.